The SMILES string of the molecule is Br.CC(=O)NC(=S)Nc1cc(F)c([N+](=O)[O-])cc1C.CNc1cc(Nc2nc(-c3cccnc3)cs2)c(C)cc1N.Cc1cc([N+](=O)[O-])c(F)cc1Nc1nc(-c2cccnc2)cs1.Cc1ccc(F)cc1N.Cc1cccc(-c2nc3cc(C)c(Nc4nc(-c5cccnc5)cs4)cc3n2C)c1.O=C(CBr)c1cccnc1.O=Cc1cccc(OC(F)(F)F)c1. The molecule has 15 aromatic rings. The number of hydrogen-bond acceptors (Lipinski definition) is 26. The van der Waals surface area contributed by atoms with Crippen LogP contribution in [0.2, 0.25) is 0 Å². The fourth-order valence-corrected chi connectivity index (χ4v) is 13.9. The van der Waals surface area contributed by atoms with Crippen LogP contribution >= 0.6 is 79.1 Å². The number of rotatable bonds is 18. The van der Waals surface area contributed by atoms with Crippen LogP contribution in [0.15, 0.2) is 230 Å². The highest BCUT2D eigenvalue weighted by molar-refractivity contribution is 9.09. The van der Waals surface area contributed by atoms with Crippen molar-refractivity contribution >= 4 is 180 Å². The Bertz CT molecular complexity index is 6290. The molecule has 0 aliphatic heterocycles. The van der Waals surface area contributed by atoms with E-state index in [0.717, 1.165) is 136 Å². The first kappa shape index (κ1) is 97.6. The number of benzene rings is 7. The molecule has 8 aromatic heterocycles. The fourth-order valence-electron chi connectivity index (χ4n) is 11.1. The first-order valence-corrected chi connectivity index (χ1v) is 41.1. The van der Waals surface area contributed by atoms with Crippen molar-refractivity contribution in [1.82, 2.24) is 49.8 Å². The third-order valence-electron chi connectivity index (χ3n) is 17.4. The molecule has 0 fully saturated rings. The summed E-state index contributed by atoms with van der Waals surface area (Å²) >= 11 is 12.4. The lowest BCUT2D eigenvalue weighted by Crippen LogP contribution is -2.32. The molecule has 15 rings (SSSR count). The van der Waals surface area contributed by atoms with Crippen molar-refractivity contribution in [2.24, 2.45) is 7.05 Å². The Hall–Kier alpha value is -13.9. The van der Waals surface area contributed by atoms with Crippen molar-refractivity contribution in [2.75, 3.05) is 50.4 Å². The summed E-state index contributed by atoms with van der Waals surface area (Å²) in [5.74, 6) is -1.86. The minimum Gasteiger partial charge on any atom is -0.406 e. The zero-order chi connectivity index (χ0) is 90.6. The van der Waals surface area contributed by atoms with Crippen LogP contribution in [0.25, 0.3) is 56.2 Å². The number of aromatic nitrogens is 9. The summed E-state index contributed by atoms with van der Waals surface area (Å²) in [6, 6.07) is 45.3. The summed E-state index contributed by atoms with van der Waals surface area (Å²) in [4.78, 5) is 86.3. The lowest BCUT2D eigenvalue weighted by atomic mass is 10.1. The number of nitro benzene ring substituents is 2. The highest BCUT2D eigenvalue weighted by Gasteiger charge is 2.31. The zero-order valence-corrected chi connectivity index (χ0v) is 74.8. The molecule has 0 spiro atoms. The number of fused-ring (bicyclic) bond motifs is 1. The summed E-state index contributed by atoms with van der Waals surface area (Å²) in [6.07, 6.45) is 9.48. The summed E-state index contributed by atoms with van der Waals surface area (Å²) < 4.78 is 80.1. The van der Waals surface area contributed by atoms with Gasteiger partial charge in [0.1, 0.15) is 23.7 Å². The summed E-state index contributed by atoms with van der Waals surface area (Å²) in [5.41, 5.74) is 29.9. The summed E-state index contributed by atoms with van der Waals surface area (Å²) in [6.45, 7) is 12.6. The van der Waals surface area contributed by atoms with E-state index in [-0.39, 0.29) is 50.9 Å². The number of ether oxygens (including phenoxy) is 1. The monoisotopic (exact) mass is 1920 g/mol. The van der Waals surface area contributed by atoms with Crippen molar-refractivity contribution in [3.63, 3.8) is 0 Å². The molecule has 27 nitrogen and oxygen atoms in total. The number of nitrogens with one attached hydrogen (secondary N) is 6. The van der Waals surface area contributed by atoms with E-state index in [1.54, 1.807) is 91.9 Å². The van der Waals surface area contributed by atoms with E-state index in [4.69, 9.17) is 33.7 Å². The van der Waals surface area contributed by atoms with Gasteiger partial charge in [0.05, 0.1) is 54.7 Å². The second-order valence-corrected chi connectivity index (χ2v) is 30.2. The first-order chi connectivity index (χ1) is 59.6. The number of thiocarbonyl (C=S) groups is 1. The highest BCUT2D eigenvalue weighted by Crippen LogP contribution is 2.37. The number of carbonyl (C=O) groups excluding carboxylic acids is 3. The Morgan fingerprint density at radius 3 is 1.49 bits per heavy atom. The van der Waals surface area contributed by atoms with Gasteiger partial charge >= 0.3 is 17.7 Å². The largest absolute Gasteiger partial charge is 0.573 e. The molecular weight excluding hydrogens is 1840 g/mol. The number of aryl methyl sites for hydroxylation is 7. The molecular formula is C87H79Br2F6N19O8S4. The molecule has 126 heavy (non-hydrogen) atoms. The summed E-state index contributed by atoms with van der Waals surface area (Å²) in [5, 5.41) is 47.6. The normalized spacial score (nSPS) is 10.3. The Morgan fingerprint density at radius 2 is 1.04 bits per heavy atom. The third-order valence-corrected chi connectivity index (χ3v) is 20.4. The number of aldehydes is 1. The van der Waals surface area contributed by atoms with E-state index in [1.165, 1.54) is 54.2 Å². The third kappa shape index (κ3) is 28.9. The average molecular weight is 1920 g/mol. The van der Waals surface area contributed by atoms with Crippen molar-refractivity contribution < 1.29 is 55.3 Å². The molecule has 0 aliphatic rings. The van der Waals surface area contributed by atoms with Gasteiger partial charge in [-0.15, -0.1) is 64.2 Å². The number of nitrogens with zero attached hydrogens (tertiary/aromatic N) is 11. The molecule has 0 radical (unpaired) electrons. The number of thiazole rings is 3. The summed E-state index contributed by atoms with van der Waals surface area (Å²) in [7, 11) is 3.92. The molecule has 0 saturated heterocycles. The number of nitrogen functional groups attached to an aromatic ring is 2. The van der Waals surface area contributed by atoms with E-state index in [9.17, 15) is 61.0 Å². The van der Waals surface area contributed by atoms with Crippen molar-refractivity contribution in [3.8, 4) is 50.9 Å². The number of imidazole rings is 1. The van der Waals surface area contributed by atoms with E-state index in [2.05, 4.69) is 144 Å². The molecule has 650 valence electrons. The number of nitro groups is 2. The topological polar surface area (TPSA) is 379 Å². The number of amides is 1. The Kier molecular flexibility index (Phi) is 36.1. The maximum Gasteiger partial charge on any atom is 0.573 e. The second-order valence-electron chi connectivity index (χ2n) is 26.7. The molecule has 8 heterocycles. The number of Topliss-reactive ketones (excluding diaryl/α,β-unsaturated/α-hetero) is 1. The first-order valence-electron chi connectivity index (χ1n) is 37.0. The van der Waals surface area contributed by atoms with Gasteiger partial charge in [-0.3, -0.25) is 54.5 Å². The van der Waals surface area contributed by atoms with E-state index < -0.39 is 45.0 Å². The Labute approximate surface area is 754 Å². The van der Waals surface area contributed by atoms with Gasteiger partial charge in [0, 0.05) is 173 Å². The molecule has 0 bridgehead atoms. The number of anilines is 10. The van der Waals surface area contributed by atoms with E-state index >= 15 is 0 Å². The standard InChI is InChI=1S/C24H21N5S.C16H17N5S.C15H11FN4O2S.C10H10FN3O3S.C8H5F3O2.C7H6BrNO.C7H8FN.BrH/c1-15-6-4-7-17(10-15)23-26-20-11-16(2)19(12-22(20)29(23)3)27-24-28-21(14-30-24)18-8-5-9-25-13-18;1-10-6-12(17)14(18-2)7-13(10)20-16-21-15(9-22-16)11-4-3-5-19-8-11;1-9-5-14(20(21)22)11(16)6-12(9)18-15-19-13(8-23-15)10-3-2-4-17-7-10;1-5-3-9(14(16)17)7(11)4-8(5)13-10(18)12-6(2)15;9-8(10,11)13-7-3-1-2-6(4-7)5-12;8-4-7(10)6-2-1-3-9-5-6;1-5-2-3-6(8)4-7(5)9;/h4-14H,1-3H3,(H,27,28);3-9,18H,17H2,1-2H3,(H,20,21);2-8H,1H3,(H,18,19);3-4H,1-2H3,(H2,12,13,15,18);1-5H;1-3,5H,4H2;2-4H,9H2,1H3;1H. The molecule has 0 unspecified atom stereocenters. The van der Waals surface area contributed by atoms with Crippen LogP contribution in [-0.2, 0) is 11.8 Å². The van der Waals surface area contributed by atoms with Crippen LogP contribution < -0.4 is 48.1 Å². The molecule has 0 aliphatic carbocycles. The molecule has 0 atom stereocenters. The van der Waals surface area contributed by atoms with Crippen molar-refractivity contribution in [2.45, 2.75) is 54.8 Å². The number of halogens is 8. The molecule has 39 heteroatoms. The van der Waals surface area contributed by atoms with Crippen LogP contribution in [0.5, 0.6) is 5.75 Å². The number of ketones is 1. The van der Waals surface area contributed by atoms with Gasteiger partial charge in [-0.25, -0.2) is 24.3 Å². The number of pyridine rings is 4. The number of hydrogen-bond donors (Lipinski definition) is 8. The Balaban J connectivity index is 0.000000188. The predicted octanol–water partition coefficient (Wildman–Crippen LogP) is 22.5. The minimum absolute atomic E-state index is 0. The molecule has 10 N–H and O–H groups in total. The van der Waals surface area contributed by atoms with Gasteiger partial charge in [-0.05, 0) is 185 Å². The molecule has 0 saturated carbocycles. The number of carbonyl (C=O) groups is 3. The van der Waals surface area contributed by atoms with Crippen LogP contribution in [0.4, 0.5) is 92.9 Å². The smallest absolute Gasteiger partial charge is 0.406 e. The molecule has 1 amide bonds. The van der Waals surface area contributed by atoms with Gasteiger partial charge in [-0.2, -0.15) is 8.78 Å². The van der Waals surface area contributed by atoms with Crippen LogP contribution in [0, 0.1) is 79.2 Å². The predicted molar refractivity (Wildman–Crippen MR) is 499 cm³/mol. The number of nitrogens with two attached hydrogens (primary N) is 2. The van der Waals surface area contributed by atoms with E-state index in [1.807, 2.05) is 98.0 Å². The highest BCUT2D eigenvalue weighted by atomic mass is 79.9. The van der Waals surface area contributed by atoms with Crippen molar-refractivity contribution in [1.29, 1.82) is 0 Å². The van der Waals surface area contributed by atoms with Gasteiger partial charge in [0.2, 0.25) is 17.5 Å². The minimum atomic E-state index is -4.72. The van der Waals surface area contributed by atoms with E-state index in [0.29, 0.717) is 44.8 Å². The molecule has 7 aromatic carbocycles. The lowest BCUT2D eigenvalue weighted by molar-refractivity contribution is -0.387. The quantitative estimate of drug-likeness (QED) is 0.00578. The van der Waals surface area contributed by atoms with Crippen LogP contribution in [-0.4, -0.2) is 96.1 Å². The number of alkyl halides is 4. The van der Waals surface area contributed by atoms with Gasteiger partial charge < -0.3 is 52.7 Å². The van der Waals surface area contributed by atoms with Crippen LogP contribution in [0.1, 0.15) is 61.0 Å². The lowest BCUT2D eigenvalue weighted by Gasteiger charge is -2.12. The fraction of sp³-hybridized carbons (Fsp3) is 0.126. The second kappa shape index (κ2) is 46.6. The van der Waals surface area contributed by atoms with Gasteiger partial charge in [0.15, 0.2) is 26.3 Å². The average Bonchev–Trinajstić information content (AvgIpc) is 1.62. The Morgan fingerprint density at radius 1 is 0.563 bits per heavy atom. The van der Waals surface area contributed by atoms with Gasteiger partial charge in [0.25, 0.3) is 0 Å². The maximum absolute atomic E-state index is 13.7. The zero-order valence-electron chi connectivity index (χ0n) is 68.3. The van der Waals surface area contributed by atoms with Crippen molar-refractivity contribution in [3.05, 3.63) is 312 Å². The maximum atomic E-state index is 13.7. The van der Waals surface area contributed by atoms with Crippen LogP contribution in [0.3, 0.4) is 0 Å². The van der Waals surface area contributed by atoms with Gasteiger partial charge in [-0.1, -0.05) is 57.9 Å².